The molecular weight excluding hydrogens is 464 g/mol. The summed E-state index contributed by atoms with van der Waals surface area (Å²) in [6, 6.07) is 25.8. The van der Waals surface area contributed by atoms with Crippen molar-refractivity contribution in [1.82, 2.24) is 0 Å². The maximum absolute atomic E-state index is 11.8. The molecular formula is C28H30O4S2. The van der Waals surface area contributed by atoms with Gasteiger partial charge in [-0.25, -0.2) is 8.42 Å². The second-order valence-corrected chi connectivity index (χ2v) is 11.4. The normalized spacial score (nSPS) is 23.0. The van der Waals surface area contributed by atoms with E-state index in [0.717, 1.165) is 6.42 Å². The Labute approximate surface area is 207 Å². The van der Waals surface area contributed by atoms with E-state index < -0.39 is 21.3 Å². The zero-order chi connectivity index (χ0) is 23.4. The maximum Gasteiger partial charge on any atom is 0.140 e. The van der Waals surface area contributed by atoms with Crippen LogP contribution in [0.25, 0.3) is 11.1 Å². The molecule has 0 N–H and O–H groups in total. The van der Waals surface area contributed by atoms with Crippen molar-refractivity contribution in [2.75, 3.05) is 5.75 Å². The summed E-state index contributed by atoms with van der Waals surface area (Å²) >= 11 is 0. The third kappa shape index (κ3) is 3.82. The summed E-state index contributed by atoms with van der Waals surface area (Å²) in [5.74, 6) is -0.280. The van der Waals surface area contributed by atoms with Gasteiger partial charge in [-0.1, -0.05) is 100 Å². The number of fused-ring (bicyclic) bond motifs is 4. The summed E-state index contributed by atoms with van der Waals surface area (Å²) in [6.45, 7) is 3.83. The number of carbonyl (C=O) groups is 1. The fraction of sp³-hybridized carbons (Fsp3) is 0.321. The van der Waals surface area contributed by atoms with Gasteiger partial charge in [0.25, 0.3) is 0 Å². The summed E-state index contributed by atoms with van der Waals surface area (Å²) in [6.07, 6.45) is 1.88. The van der Waals surface area contributed by atoms with Crippen LogP contribution in [0, 0.1) is 37.6 Å². The maximum atomic E-state index is 11.8. The highest BCUT2D eigenvalue weighted by molar-refractivity contribution is 7.85. The fourth-order valence-corrected chi connectivity index (χ4v) is 7.49. The topological polar surface area (TPSA) is 74.3 Å². The molecule has 178 valence electrons. The molecule has 2 bridgehead atoms. The van der Waals surface area contributed by atoms with Crippen molar-refractivity contribution in [3.8, 4) is 11.1 Å². The molecule has 0 aromatic heterocycles. The van der Waals surface area contributed by atoms with Crippen LogP contribution in [0.3, 0.4) is 0 Å². The van der Waals surface area contributed by atoms with Gasteiger partial charge in [-0.3, -0.25) is 4.79 Å². The van der Waals surface area contributed by atoms with Gasteiger partial charge >= 0.3 is 0 Å². The van der Waals surface area contributed by atoms with E-state index in [1.165, 1.54) is 32.0 Å². The molecule has 3 aromatic carbocycles. The number of Topliss-reactive ketones (excluding diaryl/α,β-unsaturated/α-hetero) is 1. The quantitative estimate of drug-likeness (QED) is 0.313. The SMILES string of the molecule is CC1(C)C2CCC1(CS(=O)(=O)[O-])C(=O)C2.[SH3+].c1ccc(-c2cccc3c2=c2ccccc2=3)cc1. The van der Waals surface area contributed by atoms with Crippen LogP contribution in [0.1, 0.15) is 33.1 Å². The van der Waals surface area contributed by atoms with Gasteiger partial charge in [0.2, 0.25) is 0 Å². The number of rotatable bonds is 3. The molecule has 0 radical (unpaired) electrons. The van der Waals surface area contributed by atoms with Crippen molar-refractivity contribution in [1.29, 1.82) is 0 Å². The van der Waals surface area contributed by atoms with Gasteiger partial charge < -0.3 is 4.55 Å². The lowest BCUT2D eigenvalue weighted by Gasteiger charge is -2.37. The molecule has 6 heteroatoms. The zero-order valence-electron chi connectivity index (χ0n) is 19.5. The van der Waals surface area contributed by atoms with Crippen LogP contribution in [0.4, 0.5) is 0 Å². The van der Waals surface area contributed by atoms with E-state index >= 15 is 0 Å². The fourth-order valence-electron chi connectivity index (χ4n) is 6.21. The molecule has 3 aromatic rings. The monoisotopic (exact) mass is 494 g/mol. The van der Waals surface area contributed by atoms with E-state index in [0.29, 0.717) is 12.8 Å². The first-order chi connectivity index (χ1) is 15.6. The highest BCUT2D eigenvalue weighted by atomic mass is 32.2. The molecule has 2 saturated carbocycles. The van der Waals surface area contributed by atoms with E-state index in [1.807, 2.05) is 13.8 Å². The summed E-state index contributed by atoms with van der Waals surface area (Å²) in [7, 11) is -4.33. The van der Waals surface area contributed by atoms with Crippen LogP contribution in [-0.2, 0) is 28.4 Å². The zero-order valence-corrected chi connectivity index (χ0v) is 21.4. The van der Waals surface area contributed by atoms with Gasteiger partial charge in [0.1, 0.15) is 5.78 Å². The lowest BCUT2D eigenvalue weighted by atomic mass is 9.70. The lowest BCUT2D eigenvalue weighted by molar-refractivity contribution is -0.128. The first-order valence-corrected chi connectivity index (χ1v) is 13.0. The van der Waals surface area contributed by atoms with Crippen molar-refractivity contribution in [3.05, 3.63) is 93.7 Å². The van der Waals surface area contributed by atoms with Gasteiger partial charge in [-0.15, -0.1) is 0 Å². The van der Waals surface area contributed by atoms with Crippen LogP contribution in [0.5, 0.6) is 0 Å². The Hall–Kier alpha value is -2.41. The molecule has 3 aliphatic rings. The van der Waals surface area contributed by atoms with Crippen LogP contribution in [0.15, 0.2) is 72.8 Å². The smallest absolute Gasteiger partial charge is 0.140 e. The minimum absolute atomic E-state index is 0. The molecule has 0 aliphatic heterocycles. The third-order valence-electron chi connectivity index (χ3n) is 8.20. The predicted molar refractivity (Wildman–Crippen MR) is 138 cm³/mol. The number of ketones is 1. The van der Waals surface area contributed by atoms with Gasteiger partial charge in [-0.2, -0.15) is 0 Å². The first kappa shape index (κ1) is 24.7. The largest absolute Gasteiger partial charge is 0.748 e. The summed E-state index contributed by atoms with van der Waals surface area (Å²) in [5, 5.41) is 5.54. The Morgan fingerprint density at radius 1 is 0.882 bits per heavy atom. The lowest BCUT2D eigenvalue weighted by Crippen LogP contribution is -2.42. The van der Waals surface area contributed by atoms with Crippen molar-refractivity contribution < 1.29 is 17.8 Å². The second-order valence-electron chi connectivity index (χ2n) is 10.0. The van der Waals surface area contributed by atoms with E-state index in [-0.39, 0.29) is 30.6 Å². The number of carbonyl (C=O) groups excluding carboxylic acids is 1. The molecule has 2 fully saturated rings. The van der Waals surface area contributed by atoms with Crippen molar-refractivity contribution >= 4 is 29.4 Å². The van der Waals surface area contributed by atoms with Crippen molar-refractivity contribution in [2.24, 2.45) is 16.7 Å². The molecule has 34 heavy (non-hydrogen) atoms. The molecule has 2 atom stereocenters. The summed E-state index contributed by atoms with van der Waals surface area (Å²) in [5.41, 5.74) is 1.41. The number of benzene rings is 3. The second kappa shape index (κ2) is 8.67. The van der Waals surface area contributed by atoms with Crippen LogP contribution >= 0.6 is 0 Å². The van der Waals surface area contributed by atoms with Crippen LogP contribution in [-0.4, -0.2) is 24.5 Å². The standard InChI is InChI=1S/C18H12.C10H16O4S.H2S/c1-2-7-13(8-3-1)14-11-6-12-17-15-9-4-5-10-16(15)18(14)17;1-9(2)7-3-4-10(9,8(11)5-7)6-15(12,13)14;/h1-12H;7H,3-6H2,1-2H3,(H,12,13,14);1H2. The highest BCUT2D eigenvalue weighted by Crippen LogP contribution is 2.64. The molecule has 3 aliphatic carbocycles. The van der Waals surface area contributed by atoms with Crippen molar-refractivity contribution in [3.63, 3.8) is 0 Å². The molecule has 0 heterocycles. The first-order valence-electron chi connectivity index (χ1n) is 11.4. The highest BCUT2D eigenvalue weighted by Gasteiger charge is 2.64. The van der Waals surface area contributed by atoms with E-state index in [2.05, 4.69) is 72.8 Å². The van der Waals surface area contributed by atoms with Crippen LogP contribution in [0.2, 0.25) is 0 Å². The minimum Gasteiger partial charge on any atom is -0.748 e. The average Bonchev–Trinajstić information content (AvgIpc) is 3.11. The Balaban J connectivity index is 0.000000159. The summed E-state index contributed by atoms with van der Waals surface area (Å²) in [4.78, 5) is 11.8. The predicted octanol–water partition coefficient (Wildman–Crippen LogP) is 4.36. The van der Waals surface area contributed by atoms with Gasteiger partial charge in [0.15, 0.2) is 0 Å². The van der Waals surface area contributed by atoms with E-state index in [1.54, 1.807) is 0 Å². The summed E-state index contributed by atoms with van der Waals surface area (Å²) < 4.78 is 32.7. The Kier molecular flexibility index (Phi) is 6.30. The molecule has 4 nitrogen and oxygen atoms in total. The van der Waals surface area contributed by atoms with E-state index in [4.69, 9.17) is 0 Å². The van der Waals surface area contributed by atoms with Gasteiger partial charge in [0, 0.05) is 11.8 Å². The van der Waals surface area contributed by atoms with E-state index in [9.17, 15) is 17.8 Å². The van der Waals surface area contributed by atoms with Crippen LogP contribution < -0.4 is 0 Å². The molecule has 0 amide bonds. The minimum atomic E-state index is -4.33. The molecule has 0 saturated heterocycles. The van der Waals surface area contributed by atoms with Crippen molar-refractivity contribution in [2.45, 2.75) is 33.1 Å². The Morgan fingerprint density at radius 2 is 1.50 bits per heavy atom. The number of hydrogen-bond acceptors (Lipinski definition) is 4. The molecule has 2 unspecified atom stereocenters. The Morgan fingerprint density at radius 3 is 2.09 bits per heavy atom. The van der Waals surface area contributed by atoms with Gasteiger partial charge in [-0.05, 0) is 56.2 Å². The third-order valence-corrected chi connectivity index (χ3v) is 9.04. The number of hydrogen-bond donors (Lipinski definition) is 0. The van der Waals surface area contributed by atoms with Gasteiger partial charge in [0.05, 0.1) is 15.9 Å². The average molecular weight is 495 g/mol. The molecule has 6 rings (SSSR count). The molecule has 0 spiro atoms. The Bertz CT molecular complexity index is 1550.